The minimum Gasteiger partial charge on any atom is -0.436 e. The van der Waals surface area contributed by atoms with Crippen molar-refractivity contribution in [3.63, 3.8) is 0 Å². The summed E-state index contributed by atoms with van der Waals surface area (Å²) in [6.45, 7) is 3.60. The molecule has 0 radical (unpaired) electrons. The van der Waals surface area contributed by atoms with Gasteiger partial charge in [0.15, 0.2) is 0 Å². The van der Waals surface area contributed by atoms with Crippen LogP contribution >= 0.6 is 23.2 Å². The lowest BCUT2D eigenvalue weighted by atomic mass is 10.3. The maximum atomic E-state index is 6.03. The van der Waals surface area contributed by atoms with E-state index in [0.717, 1.165) is 12.2 Å². The van der Waals surface area contributed by atoms with E-state index in [1.165, 1.54) is 0 Å². The van der Waals surface area contributed by atoms with Crippen molar-refractivity contribution in [2.45, 2.75) is 13.5 Å². The molecule has 0 amide bonds. The van der Waals surface area contributed by atoms with Gasteiger partial charge in [-0.25, -0.2) is 4.98 Å². The number of nitrogens with one attached hydrogen (secondary N) is 1. The summed E-state index contributed by atoms with van der Waals surface area (Å²) in [6.07, 6.45) is 3.22. The van der Waals surface area contributed by atoms with Gasteiger partial charge in [0.25, 0.3) is 0 Å². The van der Waals surface area contributed by atoms with E-state index in [9.17, 15) is 0 Å². The third-order valence-corrected chi connectivity index (χ3v) is 3.17. The SMILES string of the molecule is CCNCc1cnc(Oc2cccc(Cl)c2Cl)cn1. The van der Waals surface area contributed by atoms with Crippen LogP contribution in [0.2, 0.25) is 10.0 Å². The molecule has 0 fully saturated rings. The number of hydrogen-bond donors (Lipinski definition) is 1. The smallest absolute Gasteiger partial charge is 0.237 e. The summed E-state index contributed by atoms with van der Waals surface area (Å²) in [5.41, 5.74) is 0.853. The predicted octanol–water partition coefficient (Wildman–Crippen LogP) is 3.69. The molecular formula is C13H13Cl2N3O. The maximum Gasteiger partial charge on any atom is 0.237 e. The maximum absolute atomic E-state index is 6.03. The predicted molar refractivity (Wildman–Crippen MR) is 75.9 cm³/mol. The zero-order valence-corrected chi connectivity index (χ0v) is 11.9. The molecule has 0 unspecified atom stereocenters. The molecule has 0 aliphatic rings. The van der Waals surface area contributed by atoms with E-state index in [-0.39, 0.29) is 0 Å². The second kappa shape index (κ2) is 6.70. The van der Waals surface area contributed by atoms with E-state index >= 15 is 0 Å². The number of aromatic nitrogens is 2. The molecule has 100 valence electrons. The number of rotatable bonds is 5. The first-order valence-electron chi connectivity index (χ1n) is 5.84. The van der Waals surface area contributed by atoms with Gasteiger partial charge in [-0.15, -0.1) is 0 Å². The molecule has 0 saturated carbocycles. The molecule has 1 N–H and O–H groups in total. The average molecular weight is 298 g/mol. The minimum atomic E-state index is 0.364. The van der Waals surface area contributed by atoms with Gasteiger partial charge in [-0.3, -0.25) is 4.98 Å². The van der Waals surface area contributed by atoms with Crippen LogP contribution in [0, 0.1) is 0 Å². The molecule has 0 saturated heterocycles. The summed E-state index contributed by atoms with van der Waals surface area (Å²) in [4.78, 5) is 8.41. The highest BCUT2D eigenvalue weighted by Gasteiger charge is 2.07. The highest BCUT2D eigenvalue weighted by Crippen LogP contribution is 2.33. The fraction of sp³-hybridized carbons (Fsp3) is 0.231. The van der Waals surface area contributed by atoms with Crippen LogP contribution in [0.5, 0.6) is 11.6 Å². The largest absolute Gasteiger partial charge is 0.436 e. The fourth-order valence-electron chi connectivity index (χ4n) is 1.42. The summed E-state index contributed by atoms with van der Waals surface area (Å²) in [7, 11) is 0. The van der Waals surface area contributed by atoms with Gasteiger partial charge in [0.1, 0.15) is 10.8 Å². The molecule has 6 heteroatoms. The molecule has 0 aliphatic heterocycles. The van der Waals surface area contributed by atoms with E-state index in [2.05, 4.69) is 15.3 Å². The standard InChI is InChI=1S/C13H13Cl2N3O/c1-2-16-6-9-7-18-12(8-17-9)19-11-5-3-4-10(14)13(11)15/h3-5,7-8,16H,2,6H2,1H3. The molecule has 0 aliphatic carbocycles. The number of halogens is 2. The lowest BCUT2D eigenvalue weighted by Crippen LogP contribution is -2.13. The Morgan fingerprint density at radius 1 is 1.21 bits per heavy atom. The van der Waals surface area contributed by atoms with Gasteiger partial charge < -0.3 is 10.1 Å². The van der Waals surface area contributed by atoms with Gasteiger partial charge in [0.2, 0.25) is 5.88 Å². The normalized spacial score (nSPS) is 10.5. The Labute approximate surface area is 121 Å². The van der Waals surface area contributed by atoms with Gasteiger partial charge in [-0.2, -0.15) is 0 Å². The third kappa shape index (κ3) is 3.80. The molecule has 0 atom stereocenters. The number of benzene rings is 1. The summed E-state index contributed by atoms with van der Waals surface area (Å²) in [6, 6.07) is 5.18. The first kappa shape index (κ1) is 14.1. The minimum absolute atomic E-state index is 0.364. The van der Waals surface area contributed by atoms with Crippen LogP contribution in [0.25, 0.3) is 0 Å². The van der Waals surface area contributed by atoms with Gasteiger partial charge in [0.05, 0.1) is 23.1 Å². The zero-order valence-electron chi connectivity index (χ0n) is 10.4. The lowest BCUT2D eigenvalue weighted by molar-refractivity contribution is 0.459. The first-order chi connectivity index (χ1) is 9.20. The van der Waals surface area contributed by atoms with Crippen molar-refractivity contribution >= 4 is 23.2 Å². The van der Waals surface area contributed by atoms with Crippen molar-refractivity contribution in [1.29, 1.82) is 0 Å². The Morgan fingerprint density at radius 2 is 2.05 bits per heavy atom. The first-order valence-corrected chi connectivity index (χ1v) is 6.59. The molecule has 0 spiro atoms. The van der Waals surface area contributed by atoms with E-state index in [1.807, 2.05) is 6.92 Å². The molecule has 1 heterocycles. The lowest BCUT2D eigenvalue weighted by Gasteiger charge is -2.07. The van der Waals surface area contributed by atoms with Crippen molar-refractivity contribution in [3.05, 3.63) is 46.3 Å². The molecule has 4 nitrogen and oxygen atoms in total. The van der Waals surface area contributed by atoms with Crippen LogP contribution in [-0.2, 0) is 6.54 Å². The second-order valence-electron chi connectivity index (χ2n) is 3.78. The van der Waals surface area contributed by atoms with Gasteiger partial charge >= 0.3 is 0 Å². The molecular weight excluding hydrogens is 285 g/mol. The Morgan fingerprint density at radius 3 is 2.74 bits per heavy atom. The van der Waals surface area contributed by atoms with Crippen molar-refractivity contribution < 1.29 is 4.74 Å². The van der Waals surface area contributed by atoms with E-state index < -0.39 is 0 Å². The highest BCUT2D eigenvalue weighted by molar-refractivity contribution is 6.42. The van der Waals surface area contributed by atoms with Crippen molar-refractivity contribution in [3.8, 4) is 11.6 Å². The summed E-state index contributed by atoms with van der Waals surface area (Å²) in [5, 5.41) is 3.97. The summed E-state index contributed by atoms with van der Waals surface area (Å²) >= 11 is 11.9. The Hall–Kier alpha value is -1.36. The molecule has 19 heavy (non-hydrogen) atoms. The van der Waals surface area contributed by atoms with Crippen LogP contribution in [0.15, 0.2) is 30.6 Å². The van der Waals surface area contributed by atoms with E-state index in [4.69, 9.17) is 27.9 Å². The Bertz CT molecular complexity index is 546. The van der Waals surface area contributed by atoms with Crippen LogP contribution in [0.3, 0.4) is 0 Å². The van der Waals surface area contributed by atoms with Gasteiger partial charge in [-0.05, 0) is 18.7 Å². The summed E-state index contributed by atoms with van der Waals surface area (Å²) in [5.74, 6) is 0.840. The van der Waals surface area contributed by atoms with Crippen LogP contribution < -0.4 is 10.1 Å². The fourth-order valence-corrected chi connectivity index (χ4v) is 1.75. The van der Waals surface area contributed by atoms with Crippen LogP contribution in [-0.4, -0.2) is 16.5 Å². The molecule has 1 aromatic carbocycles. The van der Waals surface area contributed by atoms with Crippen molar-refractivity contribution in [2.24, 2.45) is 0 Å². The molecule has 0 bridgehead atoms. The second-order valence-corrected chi connectivity index (χ2v) is 4.57. The third-order valence-electron chi connectivity index (χ3n) is 2.37. The quantitative estimate of drug-likeness (QED) is 0.914. The highest BCUT2D eigenvalue weighted by atomic mass is 35.5. The zero-order chi connectivity index (χ0) is 13.7. The molecule has 1 aromatic heterocycles. The number of ether oxygens (including phenoxy) is 1. The topological polar surface area (TPSA) is 47.0 Å². The van der Waals surface area contributed by atoms with Gasteiger partial charge in [-0.1, -0.05) is 36.2 Å². The molecule has 2 aromatic rings. The Balaban J connectivity index is 2.09. The number of hydrogen-bond acceptors (Lipinski definition) is 4. The van der Waals surface area contributed by atoms with Crippen molar-refractivity contribution in [2.75, 3.05) is 6.54 Å². The van der Waals surface area contributed by atoms with E-state index in [1.54, 1.807) is 30.6 Å². The summed E-state index contributed by atoms with van der Waals surface area (Å²) < 4.78 is 5.54. The Kier molecular flexibility index (Phi) is 4.96. The number of nitrogens with zero attached hydrogens (tertiary/aromatic N) is 2. The van der Waals surface area contributed by atoms with Crippen LogP contribution in [0.4, 0.5) is 0 Å². The monoisotopic (exact) mass is 297 g/mol. The van der Waals surface area contributed by atoms with Crippen molar-refractivity contribution in [1.82, 2.24) is 15.3 Å². The van der Waals surface area contributed by atoms with Crippen LogP contribution in [0.1, 0.15) is 12.6 Å². The van der Waals surface area contributed by atoms with E-state index in [0.29, 0.717) is 28.2 Å². The average Bonchev–Trinajstić information content (AvgIpc) is 2.43. The van der Waals surface area contributed by atoms with Gasteiger partial charge in [0, 0.05) is 6.54 Å². The molecule has 2 rings (SSSR count).